The predicted octanol–water partition coefficient (Wildman–Crippen LogP) is 2.25. The van der Waals surface area contributed by atoms with E-state index in [1.165, 1.54) is 22.9 Å². The van der Waals surface area contributed by atoms with Crippen LogP contribution in [0.3, 0.4) is 0 Å². The molecule has 2 aliphatic carbocycles. The van der Waals surface area contributed by atoms with Crippen LogP contribution in [0.15, 0.2) is 29.4 Å². The Hall–Kier alpha value is -1.89. The van der Waals surface area contributed by atoms with E-state index >= 15 is 0 Å². The Morgan fingerprint density at radius 1 is 1.35 bits per heavy atom. The van der Waals surface area contributed by atoms with Crippen LogP contribution in [-0.4, -0.2) is 43.8 Å². The number of tetrazole rings is 1. The van der Waals surface area contributed by atoms with Gasteiger partial charge in [0.25, 0.3) is 0 Å². The topological polar surface area (TPSA) is 63.9 Å². The predicted molar refractivity (Wildman–Crippen MR) is 87.1 cm³/mol. The summed E-state index contributed by atoms with van der Waals surface area (Å²) < 4.78 is 1.85. The lowest BCUT2D eigenvalue weighted by Crippen LogP contribution is -2.31. The summed E-state index contributed by atoms with van der Waals surface area (Å²) in [7, 11) is 1.90. The van der Waals surface area contributed by atoms with Gasteiger partial charge >= 0.3 is 0 Å². The molecule has 1 heterocycles. The fourth-order valence-electron chi connectivity index (χ4n) is 3.17. The number of carbonyl (C=O) groups excluding carboxylic acids is 1. The molecule has 1 aromatic heterocycles. The van der Waals surface area contributed by atoms with Gasteiger partial charge in [-0.3, -0.25) is 4.79 Å². The summed E-state index contributed by atoms with van der Waals surface area (Å²) in [4.78, 5) is 14.4. The number of aryl methyl sites for hydroxylation is 1. The van der Waals surface area contributed by atoms with E-state index in [1.54, 1.807) is 0 Å². The summed E-state index contributed by atoms with van der Waals surface area (Å²) in [6.45, 7) is 0. The van der Waals surface area contributed by atoms with Gasteiger partial charge in [0.05, 0.1) is 17.8 Å². The number of amides is 1. The number of aromatic nitrogens is 4. The first kappa shape index (κ1) is 14.7. The molecule has 1 unspecified atom stereocenters. The molecule has 6 nitrogen and oxygen atoms in total. The van der Waals surface area contributed by atoms with Gasteiger partial charge in [-0.1, -0.05) is 36.0 Å². The Morgan fingerprint density at radius 2 is 2.17 bits per heavy atom. The maximum Gasteiger partial charge on any atom is 0.233 e. The van der Waals surface area contributed by atoms with Crippen molar-refractivity contribution in [2.45, 2.75) is 42.9 Å². The van der Waals surface area contributed by atoms with Crippen LogP contribution < -0.4 is 0 Å². The van der Waals surface area contributed by atoms with Crippen LogP contribution in [0.2, 0.25) is 0 Å². The maximum atomic E-state index is 12.6. The lowest BCUT2D eigenvalue weighted by atomic mass is 10.1. The zero-order chi connectivity index (χ0) is 15.8. The molecule has 1 aromatic carbocycles. The molecule has 1 atom stereocenters. The summed E-state index contributed by atoms with van der Waals surface area (Å²) in [6.07, 6.45) is 4.31. The average Bonchev–Trinajstić information content (AvgIpc) is 3.16. The number of thioether (sulfide) groups is 1. The molecule has 1 saturated carbocycles. The lowest BCUT2D eigenvalue weighted by Gasteiger charge is -2.25. The van der Waals surface area contributed by atoms with Crippen LogP contribution in [0.4, 0.5) is 0 Å². The normalized spacial score (nSPS) is 19.6. The molecule has 1 fully saturated rings. The molecular weight excluding hydrogens is 310 g/mol. The molecule has 0 aliphatic heterocycles. The Labute approximate surface area is 139 Å². The zero-order valence-corrected chi connectivity index (χ0v) is 13.9. The quantitative estimate of drug-likeness (QED) is 0.787. The highest BCUT2D eigenvalue weighted by molar-refractivity contribution is 7.99. The van der Waals surface area contributed by atoms with Gasteiger partial charge in [-0.2, -0.15) is 0 Å². The highest BCUT2D eigenvalue weighted by Gasteiger charge is 2.30. The second-order valence-electron chi connectivity index (χ2n) is 6.18. The summed E-state index contributed by atoms with van der Waals surface area (Å²) >= 11 is 1.43. The summed E-state index contributed by atoms with van der Waals surface area (Å²) in [5.74, 6) is 0.504. The number of carbonyl (C=O) groups is 1. The second kappa shape index (κ2) is 5.96. The van der Waals surface area contributed by atoms with E-state index in [9.17, 15) is 4.79 Å². The SMILES string of the molecule is CN(C(=O)CSc1nnnn1C1CC1)C1CCc2ccccc21. The Morgan fingerprint density at radius 3 is 3.00 bits per heavy atom. The fraction of sp³-hybridized carbons (Fsp3) is 0.500. The number of fused-ring (bicyclic) bond motifs is 1. The molecule has 120 valence electrons. The first-order valence-electron chi connectivity index (χ1n) is 7.98. The van der Waals surface area contributed by atoms with Crippen molar-refractivity contribution in [3.05, 3.63) is 35.4 Å². The van der Waals surface area contributed by atoms with E-state index in [0.717, 1.165) is 30.8 Å². The van der Waals surface area contributed by atoms with Gasteiger partial charge in [-0.25, -0.2) is 4.68 Å². The molecule has 2 aliphatic rings. The van der Waals surface area contributed by atoms with E-state index in [2.05, 4.69) is 33.7 Å². The third kappa shape index (κ3) is 2.85. The highest BCUT2D eigenvalue weighted by atomic mass is 32.2. The smallest absolute Gasteiger partial charge is 0.233 e. The van der Waals surface area contributed by atoms with Crippen molar-refractivity contribution in [3.8, 4) is 0 Å². The summed E-state index contributed by atoms with van der Waals surface area (Å²) in [6, 6.07) is 9.04. The fourth-order valence-corrected chi connectivity index (χ4v) is 4.04. The van der Waals surface area contributed by atoms with Crippen molar-refractivity contribution in [2.75, 3.05) is 12.8 Å². The van der Waals surface area contributed by atoms with Crippen LogP contribution in [0, 0.1) is 0 Å². The average molecular weight is 329 g/mol. The first-order valence-corrected chi connectivity index (χ1v) is 8.96. The molecule has 0 saturated heterocycles. The monoisotopic (exact) mass is 329 g/mol. The Kier molecular flexibility index (Phi) is 3.80. The Bertz CT molecular complexity index is 727. The molecule has 7 heteroatoms. The van der Waals surface area contributed by atoms with Crippen LogP contribution in [-0.2, 0) is 11.2 Å². The standard InChI is InChI=1S/C16H19N5OS/c1-20(14-9-6-11-4-2-3-5-13(11)14)15(22)10-23-16-17-18-19-21(16)12-7-8-12/h2-5,12,14H,6-10H2,1H3. The van der Waals surface area contributed by atoms with Gasteiger partial charge in [0.1, 0.15) is 0 Å². The maximum absolute atomic E-state index is 12.6. The number of nitrogens with zero attached hydrogens (tertiary/aromatic N) is 5. The van der Waals surface area contributed by atoms with Gasteiger partial charge in [0, 0.05) is 7.05 Å². The number of hydrogen-bond donors (Lipinski definition) is 0. The Balaban J connectivity index is 1.40. The van der Waals surface area contributed by atoms with Crippen molar-refractivity contribution < 1.29 is 4.79 Å². The van der Waals surface area contributed by atoms with Gasteiger partial charge in [0.15, 0.2) is 0 Å². The molecule has 23 heavy (non-hydrogen) atoms. The number of benzene rings is 1. The largest absolute Gasteiger partial charge is 0.338 e. The van der Waals surface area contributed by atoms with Crippen LogP contribution in [0.25, 0.3) is 0 Å². The van der Waals surface area contributed by atoms with Crippen molar-refractivity contribution >= 4 is 17.7 Å². The molecule has 0 radical (unpaired) electrons. The third-order valence-corrected chi connectivity index (χ3v) is 5.56. The summed E-state index contributed by atoms with van der Waals surface area (Å²) in [5, 5.41) is 12.5. The van der Waals surface area contributed by atoms with Crippen molar-refractivity contribution in [2.24, 2.45) is 0 Å². The van der Waals surface area contributed by atoms with Gasteiger partial charge in [-0.05, 0) is 47.2 Å². The first-order chi connectivity index (χ1) is 11.2. The second-order valence-corrected chi connectivity index (χ2v) is 7.13. The zero-order valence-electron chi connectivity index (χ0n) is 13.1. The van der Waals surface area contributed by atoms with E-state index in [4.69, 9.17) is 0 Å². The molecule has 2 aromatic rings. The van der Waals surface area contributed by atoms with E-state index < -0.39 is 0 Å². The molecular formula is C16H19N5OS. The van der Waals surface area contributed by atoms with E-state index in [1.807, 2.05) is 22.7 Å². The molecule has 0 spiro atoms. The van der Waals surface area contributed by atoms with Gasteiger partial charge in [-0.15, -0.1) is 5.10 Å². The third-order valence-electron chi connectivity index (χ3n) is 4.64. The minimum absolute atomic E-state index is 0.127. The van der Waals surface area contributed by atoms with Crippen LogP contribution in [0.5, 0.6) is 0 Å². The highest BCUT2D eigenvalue weighted by Crippen LogP contribution is 2.37. The van der Waals surface area contributed by atoms with E-state index in [-0.39, 0.29) is 11.9 Å². The van der Waals surface area contributed by atoms with Crippen molar-refractivity contribution in [1.82, 2.24) is 25.1 Å². The molecule has 4 rings (SSSR count). The van der Waals surface area contributed by atoms with Crippen molar-refractivity contribution in [3.63, 3.8) is 0 Å². The number of rotatable bonds is 5. The van der Waals surface area contributed by atoms with Gasteiger partial charge < -0.3 is 4.90 Å². The minimum Gasteiger partial charge on any atom is -0.338 e. The molecule has 0 bridgehead atoms. The molecule has 1 amide bonds. The molecule has 0 N–H and O–H groups in total. The van der Waals surface area contributed by atoms with Gasteiger partial charge in [0.2, 0.25) is 11.1 Å². The summed E-state index contributed by atoms with van der Waals surface area (Å²) in [5.41, 5.74) is 2.65. The number of hydrogen-bond acceptors (Lipinski definition) is 5. The lowest BCUT2D eigenvalue weighted by molar-refractivity contribution is -0.129. The van der Waals surface area contributed by atoms with Crippen LogP contribution >= 0.6 is 11.8 Å². The minimum atomic E-state index is 0.127. The van der Waals surface area contributed by atoms with E-state index in [0.29, 0.717) is 11.8 Å². The van der Waals surface area contributed by atoms with Crippen molar-refractivity contribution in [1.29, 1.82) is 0 Å². The van der Waals surface area contributed by atoms with Crippen LogP contribution in [0.1, 0.15) is 42.5 Å².